The van der Waals surface area contributed by atoms with Gasteiger partial charge in [0.25, 0.3) is 0 Å². The van der Waals surface area contributed by atoms with Gasteiger partial charge in [-0.2, -0.15) is 0 Å². The normalized spacial score (nSPS) is 18.0. The lowest BCUT2D eigenvalue weighted by atomic mass is 9.80. The van der Waals surface area contributed by atoms with Gasteiger partial charge in [-0.3, -0.25) is 9.97 Å². The van der Waals surface area contributed by atoms with Gasteiger partial charge in [0.05, 0.1) is 21.2 Å². The predicted molar refractivity (Wildman–Crippen MR) is 102 cm³/mol. The molecule has 0 spiro atoms. The minimum absolute atomic E-state index is 0.333. The smallest absolute Gasteiger partial charge is 0.399 e. The Bertz CT molecular complexity index is 683. The number of pyridine rings is 2. The van der Waals surface area contributed by atoms with Crippen LogP contribution in [-0.2, 0) is 9.31 Å². The molecule has 0 bridgehead atoms. The Morgan fingerprint density at radius 2 is 1.38 bits per heavy atom. The van der Waals surface area contributed by atoms with Crippen molar-refractivity contribution in [3.8, 4) is 0 Å². The van der Waals surface area contributed by atoms with E-state index in [2.05, 4.69) is 25.9 Å². The zero-order chi connectivity index (χ0) is 18.0. The van der Waals surface area contributed by atoms with E-state index in [9.17, 15) is 0 Å². The maximum absolute atomic E-state index is 5.89. The number of hydrogen-bond acceptors (Lipinski definition) is 4. The van der Waals surface area contributed by atoms with Gasteiger partial charge in [-0.05, 0) is 55.8 Å². The maximum Gasteiger partial charge on any atom is 0.496 e. The minimum Gasteiger partial charge on any atom is -0.399 e. The van der Waals surface area contributed by atoms with Gasteiger partial charge in [0.15, 0.2) is 0 Å². The number of rotatable bonds is 1. The molecule has 3 rings (SSSR count). The highest BCUT2D eigenvalue weighted by Crippen LogP contribution is 2.36. The van der Waals surface area contributed by atoms with Crippen molar-refractivity contribution in [3.63, 3.8) is 0 Å². The Labute approximate surface area is 161 Å². The van der Waals surface area contributed by atoms with E-state index >= 15 is 0 Å². The average Bonchev–Trinajstić information content (AvgIpc) is 2.68. The number of hydrogen-bond donors (Lipinski definition) is 0. The minimum atomic E-state index is -0.392. The van der Waals surface area contributed by atoms with E-state index in [-0.39, 0.29) is 11.2 Å². The van der Waals surface area contributed by atoms with Crippen LogP contribution in [0, 0.1) is 0 Å². The SMILES string of the molecule is CC1(C)OB(c2cncc(Cl)c2)OC1(C)C.Clc1cncc(Br)c1. The molecule has 0 atom stereocenters. The van der Waals surface area contributed by atoms with E-state index in [1.807, 2.05) is 33.8 Å². The van der Waals surface area contributed by atoms with Crippen LogP contribution >= 0.6 is 39.1 Å². The molecule has 1 fully saturated rings. The zero-order valence-corrected chi connectivity index (χ0v) is 17.0. The van der Waals surface area contributed by atoms with E-state index in [1.54, 1.807) is 30.9 Å². The Balaban J connectivity index is 0.000000219. The summed E-state index contributed by atoms with van der Waals surface area (Å²) in [6.45, 7) is 8.08. The Hall–Kier alpha value is -0.655. The van der Waals surface area contributed by atoms with Crippen molar-refractivity contribution in [1.29, 1.82) is 0 Å². The second-order valence-corrected chi connectivity index (χ2v) is 8.13. The van der Waals surface area contributed by atoms with Crippen LogP contribution < -0.4 is 5.46 Å². The van der Waals surface area contributed by atoms with Crippen LogP contribution in [0.15, 0.2) is 41.4 Å². The summed E-state index contributed by atoms with van der Waals surface area (Å²) in [5.41, 5.74) is 0.186. The molecule has 1 aliphatic rings. The van der Waals surface area contributed by atoms with E-state index in [0.29, 0.717) is 10.0 Å². The second kappa shape index (κ2) is 7.71. The highest BCUT2D eigenvalue weighted by molar-refractivity contribution is 9.10. The van der Waals surface area contributed by atoms with Crippen LogP contribution in [0.1, 0.15) is 27.7 Å². The van der Waals surface area contributed by atoms with Crippen LogP contribution in [-0.4, -0.2) is 28.3 Å². The van der Waals surface area contributed by atoms with Crippen molar-refractivity contribution in [2.45, 2.75) is 38.9 Å². The van der Waals surface area contributed by atoms with Crippen LogP contribution in [0.4, 0.5) is 0 Å². The third-order valence-corrected chi connectivity index (χ3v) is 4.77. The van der Waals surface area contributed by atoms with E-state index in [4.69, 9.17) is 32.5 Å². The molecule has 2 aromatic rings. The molecule has 0 saturated carbocycles. The van der Waals surface area contributed by atoms with E-state index in [0.717, 1.165) is 9.94 Å². The summed E-state index contributed by atoms with van der Waals surface area (Å²) in [6, 6.07) is 3.60. The molecule has 0 N–H and O–H groups in total. The first-order chi connectivity index (χ1) is 11.1. The molecule has 3 heterocycles. The molecular weight excluding hydrogens is 414 g/mol. The summed E-state index contributed by atoms with van der Waals surface area (Å²) in [6.07, 6.45) is 6.59. The molecule has 1 aliphatic heterocycles. The molecule has 4 nitrogen and oxygen atoms in total. The lowest BCUT2D eigenvalue weighted by Crippen LogP contribution is -2.41. The summed E-state index contributed by atoms with van der Waals surface area (Å²) >= 11 is 14.7. The lowest BCUT2D eigenvalue weighted by Gasteiger charge is -2.32. The summed E-state index contributed by atoms with van der Waals surface area (Å²) in [7, 11) is -0.392. The molecule has 1 saturated heterocycles. The molecule has 0 amide bonds. The van der Waals surface area contributed by atoms with Crippen molar-refractivity contribution >= 4 is 51.7 Å². The molecule has 24 heavy (non-hydrogen) atoms. The van der Waals surface area contributed by atoms with Gasteiger partial charge in [0, 0.05) is 34.7 Å². The third kappa shape index (κ3) is 4.93. The summed E-state index contributed by atoms with van der Waals surface area (Å²) in [5, 5.41) is 1.24. The quantitative estimate of drug-likeness (QED) is 0.622. The third-order valence-electron chi connectivity index (χ3n) is 3.92. The number of nitrogens with zero attached hydrogens (tertiary/aromatic N) is 2. The molecule has 0 unspecified atom stereocenters. The van der Waals surface area contributed by atoms with Crippen molar-refractivity contribution in [1.82, 2.24) is 9.97 Å². The molecule has 8 heteroatoms. The largest absolute Gasteiger partial charge is 0.496 e. The molecule has 0 aromatic carbocycles. The first kappa shape index (κ1) is 19.7. The molecule has 128 valence electrons. The fourth-order valence-electron chi connectivity index (χ4n) is 1.92. The van der Waals surface area contributed by atoms with Crippen LogP contribution in [0.2, 0.25) is 10.0 Å². The van der Waals surface area contributed by atoms with Crippen molar-refractivity contribution in [3.05, 3.63) is 51.4 Å². The standard InChI is InChI=1S/C11H15BClNO2.C5H3BrClN/c1-10(2)11(3,4)16-12(15-10)8-5-9(13)7-14-6-8;6-4-1-5(7)3-8-2-4/h5-7H,1-4H3;1-3H. The van der Waals surface area contributed by atoms with Gasteiger partial charge >= 0.3 is 7.12 Å². The first-order valence-electron chi connectivity index (χ1n) is 7.33. The number of halogens is 3. The molecular formula is C16H18BBrCl2N2O2. The fourth-order valence-corrected chi connectivity index (χ4v) is 2.78. The zero-order valence-electron chi connectivity index (χ0n) is 13.9. The van der Waals surface area contributed by atoms with E-state index in [1.165, 1.54) is 0 Å². The van der Waals surface area contributed by atoms with Gasteiger partial charge in [0.2, 0.25) is 0 Å². The van der Waals surface area contributed by atoms with Gasteiger partial charge in [-0.1, -0.05) is 23.2 Å². The Morgan fingerprint density at radius 1 is 0.875 bits per heavy atom. The second-order valence-electron chi connectivity index (χ2n) is 6.35. The maximum atomic E-state index is 5.89. The predicted octanol–water partition coefficient (Wildman–Crippen LogP) is 4.53. The summed E-state index contributed by atoms with van der Waals surface area (Å²) in [5.74, 6) is 0. The Kier molecular flexibility index (Phi) is 6.32. The molecule has 0 radical (unpaired) electrons. The van der Waals surface area contributed by atoms with Gasteiger partial charge in [-0.25, -0.2) is 0 Å². The number of aromatic nitrogens is 2. The van der Waals surface area contributed by atoms with Crippen LogP contribution in [0.5, 0.6) is 0 Å². The van der Waals surface area contributed by atoms with Crippen LogP contribution in [0.3, 0.4) is 0 Å². The van der Waals surface area contributed by atoms with Crippen molar-refractivity contribution in [2.24, 2.45) is 0 Å². The van der Waals surface area contributed by atoms with E-state index < -0.39 is 7.12 Å². The van der Waals surface area contributed by atoms with Gasteiger partial charge < -0.3 is 9.31 Å². The summed E-state index contributed by atoms with van der Waals surface area (Å²) in [4.78, 5) is 7.84. The lowest BCUT2D eigenvalue weighted by molar-refractivity contribution is 0.00578. The Morgan fingerprint density at radius 3 is 1.79 bits per heavy atom. The van der Waals surface area contributed by atoms with Gasteiger partial charge in [0.1, 0.15) is 0 Å². The van der Waals surface area contributed by atoms with Crippen molar-refractivity contribution < 1.29 is 9.31 Å². The first-order valence-corrected chi connectivity index (χ1v) is 8.88. The molecule has 0 aliphatic carbocycles. The summed E-state index contributed by atoms with van der Waals surface area (Å²) < 4.78 is 12.7. The average molecular weight is 432 g/mol. The molecule has 2 aromatic heterocycles. The van der Waals surface area contributed by atoms with Crippen molar-refractivity contribution in [2.75, 3.05) is 0 Å². The fraction of sp³-hybridized carbons (Fsp3) is 0.375. The topological polar surface area (TPSA) is 44.2 Å². The van der Waals surface area contributed by atoms with Gasteiger partial charge in [-0.15, -0.1) is 0 Å². The highest BCUT2D eigenvalue weighted by atomic mass is 79.9. The monoisotopic (exact) mass is 430 g/mol. The highest BCUT2D eigenvalue weighted by Gasteiger charge is 2.51. The van der Waals surface area contributed by atoms with Crippen LogP contribution in [0.25, 0.3) is 0 Å².